The number of quaternary nitrogens is 1. The van der Waals surface area contributed by atoms with Crippen LogP contribution in [0.1, 0.15) is 21.8 Å². The van der Waals surface area contributed by atoms with E-state index in [1.165, 1.54) is 15.3 Å². The fourth-order valence-corrected chi connectivity index (χ4v) is 4.47. The molecule has 0 spiro atoms. The van der Waals surface area contributed by atoms with Crippen molar-refractivity contribution in [3.8, 4) is 17.4 Å². The lowest BCUT2D eigenvalue weighted by Gasteiger charge is -2.23. The van der Waals surface area contributed by atoms with Gasteiger partial charge in [0.2, 0.25) is 5.88 Å². The summed E-state index contributed by atoms with van der Waals surface area (Å²) in [5, 5.41) is 0.992. The maximum Gasteiger partial charge on any atom is 0.232 e. The second kappa shape index (κ2) is 8.03. The van der Waals surface area contributed by atoms with Gasteiger partial charge in [0.25, 0.3) is 0 Å². The normalized spacial score (nSPS) is 15.1. The molecule has 1 N–H and O–H groups in total. The number of nitrogens with one attached hydrogen (secondary N) is 1. The Bertz CT molecular complexity index is 996. The van der Waals surface area contributed by atoms with Crippen molar-refractivity contribution in [2.45, 2.75) is 27.3 Å². The first-order chi connectivity index (χ1) is 13.5. The smallest absolute Gasteiger partial charge is 0.232 e. The molecule has 0 saturated carbocycles. The lowest BCUT2D eigenvalue weighted by atomic mass is 10.2. The molecule has 1 aromatic carbocycles. The van der Waals surface area contributed by atoms with Gasteiger partial charge < -0.3 is 19.1 Å². The van der Waals surface area contributed by atoms with Crippen molar-refractivity contribution in [1.82, 2.24) is 9.97 Å². The maximum atomic E-state index is 6.29. The minimum atomic E-state index is 0.608. The Morgan fingerprint density at radius 2 is 1.89 bits per heavy atom. The van der Waals surface area contributed by atoms with Gasteiger partial charge in [-0.1, -0.05) is 6.07 Å². The van der Waals surface area contributed by atoms with Crippen molar-refractivity contribution in [3.05, 3.63) is 40.0 Å². The van der Waals surface area contributed by atoms with Crippen molar-refractivity contribution < 1.29 is 19.1 Å². The Hall–Kier alpha value is -2.22. The number of aryl methyl sites for hydroxylation is 3. The molecule has 6 nitrogen and oxygen atoms in total. The van der Waals surface area contributed by atoms with E-state index < -0.39 is 0 Å². The average molecular weight is 401 g/mol. The predicted octanol–water partition coefficient (Wildman–Crippen LogP) is 2.83. The summed E-state index contributed by atoms with van der Waals surface area (Å²) < 4.78 is 17.3. The van der Waals surface area contributed by atoms with Crippen molar-refractivity contribution in [3.63, 3.8) is 0 Å². The second-order valence-electron chi connectivity index (χ2n) is 7.20. The first-order valence-electron chi connectivity index (χ1n) is 9.55. The maximum absolute atomic E-state index is 6.29. The fraction of sp³-hybridized carbons (Fsp3) is 0.429. The zero-order chi connectivity index (χ0) is 19.7. The monoisotopic (exact) mass is 400 g/mol. The third-order valence-electron chi connectivity index (χ3n) is 5.18. The Kier molecular flexibility index (Phi) is 5.48. The molecule has 1 fully saturated rings. The molecule has 1 aliphatic heterocycles. The molecule has 1 saturated heterocycles. The van der Waals surface area contributed by atoms with Gasteiger partial charge in [0.05, 0.1) is 25.7 Å². The highest BCUT2D eigenvalue weighted by atomic mass is 32.1. The van der Waals surface area contributed by atoms with Gasteiger partial charge in [0.1, 0.15) is 24.5 Å². The number of ether oxygens (including phenoxy) is 3. The van der Waals surface area contributed by atoms with E-state index in [1.807, 2.05) is 25.1 Å². The molecule has 0 radical (unpaired) electrons. The number of hydrogen-bond acceptors (Lipinski definition) is 6. The first kappa shape index (κ1) is 19.1. The van der Waals surface area contributed by atoms with Gasteiger partial charge in [-0.3, -0.25) is 0 Å². The Morgan fingerprint density at radius 1 is 1.11 bits per heavy atom. The number of fused-ring (bicyclic) bond motifs is 1. The molecular weight excluding hydrogens is 374 g/mol. The number of morpholine rings is 1. The highest BCUT2D eigenvalue weighted by molar-refractivity contribution is 7.18. The van der Waals surface area contributed by atoms with Crippen LogP contribution in [0.25, 0.3) is 10.2 Å². The van der Waals surface area contributed by atoms with Gasteiger partial charge in [-0.15, -0.1) is 11.3 Å². The van der Waals surface area contributed by atoms with Crippen LogP contribution < -0.4 is 14.4 Å². The minimum Gasteiger partial charge on any atom is -0.493 e. The summed E-state index contributed by atoms with van der Waals surface area (Å²) in [5.74, 6) is 2.79. The van der Waals surface area contributed by atoms with Gasteiger partial charge in [-0.05, 0) is 44.0 Å². The Balaban J connectivity index is 1.74. The van der Waals surface area contributed by atoms with Crippen LogP contribution in [-0.2, 0) is 11.3 Å². The van der Waals surface area contributed by atoms with E-state index in [9.17, 15) is 0 Å². The molecular formula is C21H26N3O3S+. The SMILES string of the molecule is COc1cc(C)ccc1Oc1nc(C[NH+]2CCOCC2)nc2sc(C)c(C)c12. The summed E-state index contributed by atoms with van der Waals surface area (Å²) in [6.45, 7) is 10.6. The number of aromatic nitrogens is 2. The predicted molar refractivity (Wildman–Crippen MR) is 110 cm³/mol. The molecule has 0 aliphatic carbocycles. The minimum absolute atomic E-state index is 0.608. The molecule has 4 rings (SSSR count). The van der Waals surface area contributed by atoms with Crippen LogP contribution >= 0.6 is 11.3 Å². The van der Waals surface area contributed by atoms with E-state index >= 15 is 0 Å². The molecule has 3 aromatic rings. The van der Waals surface area contributed by atoms with E-state index in [0.717, 1.165) is 54.5 Å². The number of thiophene rings is 1. The van der Waals surface area contributed by atoms with Crippen molar-refractivity contribution >= 4 is 21.6 Å². The molecule has 28 heavy (non-hydrogen) atoms. The summed E-state index contributed by atoms with van der Waals surface area (Å²) in [6, 6.07) is 5.92. The van der Waals surface area contributed by atoms with Crippen molar-refractivity contribution in [1.29, 1.82) is 0 Å². The van der Waals surface area contributed by atoms with Gasteiger partial charge in [0, 0.05) is 4.88 Å². The molecule has 7 heteroatoms. The number of methoxy groups -OCH3 is 1. The van der Waals surface area contributed by atoms with Gasteiger partial charge >= 0.3 is 0 Å². The standard InChI is InChI=1S/C21H25N3O3S/c1-13-5-6-16(17(11-13)25-4)27-20-19-14(2)15(3)28-21(19)23-18(22-20)12-24-7-9-26-10-8-24/h5-6,11H,7-10,12H2,1-4H3/p+1. The molecule has 1 aliphatic rings. The van der Waals surface area contributed by atoms with Crippen LogP contribution in [0.5, 0.6) is 17.4 Å². The molecule has 0 amide bonds. The van der Waals surface area contributed by atoms with Crippen LogP contribution in [0, 0.1) is 20.8 Å². The molecule has 0 atom stereocenters. The first-order valence-corrected chi connectivity index (χ1v) is 10.4. The highest BCUT2D eigenvalue weighted by Crippen LogP contribution is 2.39. The largest absolute Gasteiger partial charge is 0.493 e. The van der Waals surface area contributed by atoms with Crippen LogP contribution in [-0.4, -0.2) is 43.4 Å². The number of rotatable bonds is 5. The van der Waals surface area contributed by atoms with Gasteiger partial charge in [-0.2, -0.15) is 4.98 Å². The Labute approximate surface area is 169 Å². The molecule has 0 unspecified atom stereocenters. The van der Waals surface area contributed by atoms with Crippen LogP contribution in [0.3, 0.4) is 0 Å². The number of nitrogens with zero attached hydrogens (tertiary/aromatic N) is 2. The molecule has 148 valence electrons. The average Bonchev–Trinajstić information content (AvgIpc) is 2.98. The Morgan fingerprint density at radius 3 is 2.64 bits per heavy atom. The van der Waals surface area contributed by atoms with Crippen LogP contribution in [0.15, 0.2) is 18.2 Å². The van der Waals surface area contributed by atoms with Crippen molar-refractivity contribution in [2.75, 3.05) is 33.4 Å². The van der Waals surface area contributed by atoms with E-state index in [-0.39, 0.29) is 0 Å². The summed E-state index contributed by atoms with van der Waals surface area (Å²) >= 11 is 1.70. The van der Waals surface area contributed by atoms with Crippen molar-refractivity contribution in [2.24, 2.45) is 0 Å². The molecule has 0 bridgehead atoms. The van der Waals surface area contributed by atoms with Crippen LogP contribution in [0.4, 0.5) is 0 Å². The third-order valence-corrected chi connectivity index (χ3v) is 6.28. The summed E-state index contributed by atoms with van der Waals surface area (Å²) in [4.78, 5) is 13.3. The van der Waals surface area contributed by atoms with Gasteiger partial charge in [-0.25, -0.2) is 4.98 Å². The fourth-order valence-electron chi connectivity index (χ4n) is 3.43. The zero-order valence-corrected chi connectivity index (χ0v) is 17.6. The zero-order valence-electron chi connectivity index (χ0n) is 16.8. The van der Waals surface area contributed by atoms with E-state index in [4.69, 9.17) is 24.2 Å². The quantitative estimate of drug-likeness (QED) is 0.714. The lowest BCUT2D eigenvalue weighted by molar-refractivity contribution is -0.922. The second-order valence-corrected chi connectivity index (χ2v) is 8.41. The third kappa shape index (κ3) is 3.83. The summed E-state index contributed by atoms with van der Waals surface area (Å²) in [6.07, 6.45) is 0. The van der Waals surface area contributed by atoms with Gasteiger partial charge in [0.15, 0.2) is 17.3 Å². The van der Waals surface area contributed by atoms with E-state index in [1.54, 1.807) is 18.4 Å². The molecule has 3 heterocycles. The highest BCUT2D eigenvalue weighted by Gasteiger charge is 2.21. The van der Waals surface area contributed by atoms with E-state index in [2.05, 4.69) is 13.8 Å². The lowest BCUT2D eigenvalue weighted by Crippen LogP contribution is -3.12. The van der Waals surface area contributed by atoms with E-state index in [0.29, 0.717) is 17.4 Å². The summed E-state index contributed by atoms with van der Waals surface area (Å²) in [5.41, 5.74) is 2.29. The number of benzene rings is 1. The molecule has 2 aromatic heterocycles. The topological polar surface area (TPSA) is 57.9 Å². The number of hydrogen-bond donors (Lipinski definition) is 1. The summed E-state index contributed by atoms with van der Waals surface area (Å²) in [7, 11) is 1.66. The van der Waals surface area contributed by atoms with Crippen LogP contribution in [0.2, 0.25) is 0 Å².